The molecule has 3 heteroatoms. The number of rotatable bonds is 5. The van der Waals surface area contributed by atoms with E-state index >= 15 is 0 Å². The molecule has 0 aromatic rings. The van der Waals surface area contributed by atoms with Gasteiger partial charge in [0.1, 0.15) is 0 Å². The molecule has 0 heterocycles. The average Bonchev–Trinajstić information content (AvgIpc) is 2.00. The highest BCUT2D eigenvalue weighted by molar-refractivity contribution is 5.69. The van der Waals surface area contributed by atoms with Gasteiger partial charge in [0.15, 0.2) is 0 Å². The first-order valence-corrected chi connectivity index (χ1v) is 4.49. The predicted molar refractivity (Wildman–Crippen MR) is 48.7 cm³/mol. The molecule has 0 aliphatic rings. The third-order valence-electron chi connectivity index (χ3n) is 1.84. The van der Waals surface area contributed by atoms with E-state index in [9.17, 15) is 4.79 Å². The zero-order valence-corrected chi connectivity index (χ0v) is 8.17. The number of hydrogen-bond acceptors (Lipinski definition) is 3. The molecule has 72 valence electrons. The van der Waals surface area contributed by atoms with Gasteiger partial charge in [-0.2, -0.15) is 0 Å². The molecule has 1 atom stereocenters. The SMILES string of the molecule is CCOC(=O)CC[C@H](N)C(C)C. The minimum Gasteiger partial charge on any atom is -0.466 e. The normalized spacial score (nSPS) is 13.1. The lowest BCUT2D eigenvalue weighted by Gasteiger charge is -2.14. The first-order chi connectivity index (χ1) is 5.57. The summed E-state index contributed by atoms with van der Waals surface area (Å²) in [6, 6.07) is 0.106. The lowest BCUT2D eigenvalue weighted by Crippen LogP contribution is -2.27. The van der Waals surface area contributed by atoms with E-state index in [0.717, 1.165) is 6.42 Å². The molecule has 12 heavy (non-hydrogen) atoms. The number of carbonyl (C=O) groups is 1. The Morgan fingerprint density at radius 3 is 2.50 bits per heavy atom. The first kappa shape index (κ1) is 11.4. The van der Waals surface area contributed by atoms with Crippen LogP contribution < -0.4 is 5.73 Å². The zero-order chi connectivity index (χ0) is 9.56. The number of nitrogens with two attached hydrogens (primary N) is 1. The Hall–Kier alpha value is -0.570. The molecule has 0 aliphatic carbocycles. The van der Waals surface area contributed by atoms with Crippen LogP contribution in [0.4, 0.5) is 0 Å². The summed E-state index contributed by atoms with van der Waals surface area (Å²) in [6.07, 6.45) is 1.16. The van der Waals surface area contributed by atoms with Crippen LogP contribution in [0.3, 0.4) is 0 Å². The quantitative estimate of drug-likeness (QED) is 0.638. The van der Waals surface area contributed by atoms with Crippen LogP contribution in [-0.2, 0) is 9.53 Å². The third-order valence-corrected chi connectivity index (χ3v) is 1.84. The van der Waals surface area contributed by atoms with E-state index in [0.29, 0.717) is 18.9 Å². The second-order valence-electron chi connectivity index (χ2n) is 3.25. The highest BCUT2D eigenvalue weighted by Gasteiger charge is 2.10. The molecule has 0 saturated heterocycles. The predicted octanol–water partition coefficient (Wildman–Crippen LogP) is 1.31. The summed E-state index contributed by atoms with van der Waals surface area (Å²) in [5, 5.41) is 0. The maximum atomic E-state index is 10.9. The van der Waals surface area contributed by atoms with Crippen LogP contribution in [0.5, 0.6) is 0 Å². The Morgan fingerprint density at radius 2 is 2.08 bits per heavy atom. The summed E-state index contributed by atoms with van der Waals surface area (Å²) in [4.78, 5) is 10.9. The van der Waals surface area contributed by atoms with E-state index in [-0.39, 0.29) is 12.0 Å². The number of ether oxygens (including phenoxy) is 1. The Morgan fingerprint density at radius 1 is 1.50 bits per heavy atom. The summed E-state index contributed by atoms with van der Waals surface area (Å²) in [7, 11) is 0. The van der Waals surface area contributed by atoms with Gasteiger partial charge in [-0.05, 0) is 19.3 Å². The van der Waals surface area contributed by atoms with Gasteiger partial charge in [0.25, 0.3) is 0 Å². The van der Waals surface area contributed by atoms with E-state index < -0.39 is 0 Å². The highest BCUT2D eigenvalue weighted by Crippen LogP contribution is 2.05. The van der Waals surface area contributed by atoms with E-state index in [2.05, 4.69) is 13.8 Å². The Bertz CT molecular complexity index is 134. The maximum Gasteiger partial charge on any atom is 0.305 e. The largest absolute Gasteiger partial charge is 0.466 e. The van der Waals surface area contributed by atoms with Crippen LogP contribution in [0.2, 0.25) is 0 Å². The molecule has 3 nitrogen and oxygen atoms in total. The first-order valence-electron chi connectivity index (χ1n) is 4.49. The van der Waals surface area contributed by atoms with Crippen LogP contribution >= 0.6 is 0 Å². The summed E-state index contributed by atoms with van der Waals surface area (Å²) < 4.78 is 4.78. The van der Waals surface area contributed by atoms with Gasteiger partial charge in [0, 0.05) is 12.5 Å². The Balaban J connectivity index is 3.47. The summed E-state index contributed by atoms with van der Waals surface area (Å²) >= 11 is 0. The molecular formula is C9H19NO2. The van der Waals surface area contributed by atoms with Crippen molar-refractivity contribution in [3.63, 3.8) is 0 Å². The van der Waals surface area contributed by atoms with Gasteiger partial charge in [0.2, 0.25) is 0 Å². The van der Waals surface area contributed by atoms with Crippen LogP contribution in [0.15, 0.2) is 0 Å². The van der Waals surface area contributed by atoms with Crippen molar-refractivity contribution in [2.75, 3.05) is 6.61 Å². The van der Waals surface area contributed by atoms with E-state index in [4.69, 9.17) is 10.5 Å². The maximum absolute atomic E-state index is 10.9. The van der Waals surface area contributed by atoms with Gasteiger partial charge < -0.3 is 10.5 Å². The second-order valence-corrected chi connectivity index (χ2v) is 3.25. The van der Waals surface area contributed by atoms with Crippen LogP contribution in [0, 0.1) is 5.92 Å². The molecule has 0 aromatic carbocycles. The average molecular weight is 173 g/mol. The fourth-order valence-corrected chi connectivity index (χ4v) is 0.851. The monoisotopic (exact) mass is 173 g/mol. The van der Waals surface area contributed by atoms with Crippen molar-refractivity contribution in [2.24, 2.45) is 11.7 Å². The van der Waals surface area contributed by atoms with E-state index in [1.165, 1.54) is 0 Å². The van der Waals surface area contributed by atoms with Crippen molar-refractivity contribution in [1.29, 1.82) is 0 Å². The smallest absolute Gasteiger partial charge is 0.305 e. The Kier molecular flexibility index (Phi) is 5.72. The number of hydrogen-bond donors (Lipinski definition) is 1. The highest BCUT2D eigenvalue weighted by atomic mass is 16.5. The summed E-state index contributed by atoms with van der Waals surface area (Å²) in [5.74, 6) is 0.285. The fraction of sp³-hybridized carbons (Fsp3) is 0.889. The van der Waals surface area contributed by atoms with Gasteiger partial charge in [0.05, 0.1) is 6.61 Å². The van der Waals surface area contributed by atoms with E-state index in [1.807, 2.05) is 0 Å². The van der Waals surface area contributed by atoms with Crippen molar-refractivity contribution in [3.8, 4) is 0 Å². The molecule has 0 fully saturated rings. The van der Waals surface area contributed by atoms with Crippen molar-refractivity contribution >= 4 is 5.97 Å². The van der Waals surface area contributed by atoms with Crippen LogP contribution in [0.25, 0.3) is 0 Å². The summed E-state index contributed by atoms with van der Waals surface area (Å²) in [6.45, 7) is 6.36. The summed E-state index contributed by atoms with van der Waals surface area (Å²) in [5.41, 5.74) is 5.75. The number of carbonyl (C=O) groups excluding carboxylic acids is 1. The Labute approximate surface area is 74.3 Å². The molecule has 0 saturated carbocycles. The minimum absolute atomic E-state index is 0.106. The third kappa shape index (κ3) is 5.13. The van der Waals surface area contributed by atoms with Crippen molar-refractivity contribution in [2.45, 2.75) is 39.7 Å². The van der Waals surface area contributed by atoms with Gasteiger partial charge in [-0.3, -0.25) is 4.79 Å². The molecular weight excluding hydrogens is 154 g/mol. The molecule has 0 rings (SSSR count). The van der Waals surface area contributed by atoms with Gasteiger partial charge in [-0.1, -0.05) is 13.8 Å². The molecule has 0 unspecified atom stereocenters. The fourth-order valence-electron chi connectivity index (χ4n) is 0.851. The zero-order valence-electron chi connectivity index (χ0n) is 8.17. The molecule has 0 radical (unpaired) electrons. The van der Waals surface area contributed by atoms with Gasteiger partial charge in [-0.25, -0.2) is 0 Å². The number of esters is 1. The van der Waals surface area contributed by atoms with Crippen LogP contribution in [-0.4, -0.2) is 18.6 Å². The second kappa shape index (κ2) is 6.00. The molecule has 0 amide bonds. The molecule has 2 N–H and O–H groups in total. The van der Waals surface area contributed by atoms with Crippen molar-refractivity contribution in [1.82, 2.24) is 0 Å². The topological polar surface area (TPSA) is 52.3 Å². The van der Waals surface area contributed by atoms with Crippen LogP contribution in [0.1, 0.15) is 33.6 Å². The molecule has 0 aromatic heterocycles. The van der Waals surface area contributed by atoms with Crippen molar-refractivity contribution < 1.29 is 9.53 Å². The lowest BCUT2D eigenvalue weighted by atomic mass is 10.0. The van der Waals surface area contributed by atoms with Crippen molar-refractivity contribution in [3.05, 3.63) is 0 Å². The lowest BCUT2D eigenvalue weighted by molar-refractivity contribution is -0.143. The van der Waals surface area contributed by atoms with Gasteiger partial charge >= 0.3 is 5.97 Å². The van der Waals surface area contributed by atoms with E-state index in [1.54, 1.807) is 6.92 Å². The van der Waals surface area contributed by atoms with Gasteiger partial charge in [-0.15, -0.1) is 0 Å². The molecule has 0 spiro atoms. The minimum atomic E-state index is -0.145. The molecule has 0 bridgehead atoms. The standard InChI is InChI=1S/C9H19NO2/c1-4-12-9(11)6-5-8(10)7(2)3/h7-8H,4-6,10H2,1-3H3/t8-/m0/s1. The molecule has 0 aliphatic heterocycles.